The van der Waals surface area contributed by atoms with E-state index in [1.165, 1.54) is 29.2 Å². The molecule has 4 rings (SSSR count). The van der Waals surface area contributed by atoms with Crippen molar-refractivity contribution in [1.82, 2.24) is 5.32 Å². The van der Waals surface area contributed by atoms with Crippen LogP contribution in [0.3, 0.4) is 0 Å². The molecule has 9 heteroatoms. The van der Waals surface area contributed by atoms with E-state index in [1.54, 1.807) is 24.3 Å². The second-order valence-electron chi connectivity index (χ2n) is 8.42. The molecule has 0 fully saturated rings. The second kappa shape index (κ2) is 12.2. The van der Waals surface area contributed by atoms with Gasteiger partial charge in [-0.15, -0.1) is 0 Å². The molecule has 0 saturated carbocycles. The fraction of sp³-hybridized carbons (Fsp3) is 0.103. The first-order valence-corrected chi connectivity index (χ1v) is 11.9. The number of nitro benzene ring substituents is 1. The van der Waals surface area contributed by atoms with Crippen molar-refractivity contribution in [1.29, 1.82) is 0 Å². The molecule has 2 N–H and O–H groups in total. The summed E-state index contributed by atoms with van der Waals surface area (Å²) in [7, 11) is 0. The summed E-state index contributed by atoms with van der Waals surface area (Å²) in [4.78, 5) is 37.8. The topological polar surface area (TPSA) is 114 Å². The molecule has 0 heterocycles. The number of amides is 3. The third-order valence-electron chi connectivity index (χ3n) is 5.62. The Balaban J connectivity index is 1.47. The van der Waals surface area contributed by atoms with Crippen molar-refractivity contribution in [3.63, 3.8) is 0 Å². The van der Waals surface area contributed by atoms with Gasteiger partial charge in [0.05, 0.1) is 4.92 Å². The van der Waals surface area contributed by atoms with Crippen molar-refractivity contribution in [3.05, 3.63) is 124 Å². The number of nitrogens with zero attached hydrogens (tertiary/aromatic N) is 2. The molecule has 0 aliphatic rings. The van der Waals surface area contributed by atoms with Gasteiger partial charge >= 0.3 is 6.03 Å². The number of hydrogen-bond acceptors (Lipinski definition) is 5. The van der Waals surface area contributed by atoms with Gasteiger partial charge in [0.25, 0.3) is 11.6 Å². The van der Waals surface area contributed by atoms with E-state index in [0.717, 1.165) is 5.56 Å². The number of urea groups is 1. The molecule has 0 saturated heterocycles. The maximum Gasteiger partial charge on any atom is 0.326 e. The van der Waals surface area contributed by atoms with Crippen LogP contribution < -0.4 is 20.3 Å². The average molecular weight is 511 g/mol. The Hall–Kier alpha value is -5.18. The van der Waals surface area contributed by atoms with Crippen molar-refractivity contribution >= 4 is 29.0 Å². The molecule has 0 aromatic heterocycles. The Morgan fingerprint density at radius 1 is 0.868 bits per heavy atom. The number of para-hydroxylation sites is 1. The summed E-state index contributed by atoms with van der Waals surface area (Å²) in [6.07, 6.45) is 0. The van der Waals surface area contributed by atoms with Crippen molar-refractivity contribution in [2.45, 2.75) is 6.92 Å². The number of rotatable bonds is 9. The van der Waals surface area contributed by atoms with Gasteiger partial charge in [0.15, 0.2) is 0 Å². The van der Waals surface area contributed by atoms with Gasteiger partial charge in [0, 0.05) is 42.2 Å². The molecule has 0 atom stereocenters. The zero-order chi connectivity index (χ0) is 26.9. The Bertz CT molecular complexity index is 1410. The molecule has 0 aliphatic heterocycles. The van der Waals surface area contributed by atoms with Gasteiger partial charge < -0.3 is 15.4 Å². The normalized spacial score (nSPS) is 10.3. The first-order chi connectivity index (χ1) is 18.4. The Morgan fingerprint density at radius 3 is 2.24 bits per heavy atom. The summed E-state index contributed by atoms with van der Waals surface area (Å²) in [5, 5.41) is 16.6. The summed E-state index contributed by atoms with van der Waals surface area (Å²) in [5.41, 5.74) is 2.29. The number of hydrogen-bond donors (Lipinski definition) is 2. The lowest BCUT2D eigenvalue weighted by atomic mass is 10.2. The van der Waals surface area contributed by atoms with Gasteiger partial charge in [0.2, 0.25) is 0 Å². The number of nitrogens with one attached hydrogen (secondary N) is 2. The molecule has 0 unspecified atom stereocenters. The van der Waals surface area contributed by atoms with E-state index < -0.39 is 10.8 Å². The highest BCUT2D eigenvalue weighted by molar-refractivity contribution is 6.02. The standard InChI is InChI=1S/C29H26N4O5/c1-21-10-12-23(13-11-21)31-29(35)32(19-18-30-28(34)22-6-5-7-25(20-22)33(36)37)24-14-16-27(17-15-24)38-26-8-3-2-4-9-26/h2-17,20H,18-19H2,1H3,(H,30,34)(H,31,35). The van der Waals surface area contributed by atoms with Crippen molar-refractivity contribution in [2.75, 3.05) is 23.3 Å². The number of benzene rings is 4. The van der Waals surface area contributed by atoms with Crippen LogP contribution in [0.15, 0.2) is 103 Å². The maximum absolute atomic E-state index is 13.2. The lowest BCUT2D eigenvalue weighted by Crippen LogP contribution is -2.41. The minimum absolute atomic E-state index is 0.116. The van der Waals surface area contributed by atoms with E-state index in [9.17, 15) is 19.7 Å². The first-order valence-electron chi connectivity index (χ1n) is 11.9. The maximum atomic E-state index is 13.2. The molecule has 0 radical (unpaired) electrons. The van der Waals surface area contributed by atoms with Gasteiger partial charge in [-0.05, 0) is 61.5 Å². The van der Waals surface area contributed by atoms with E-state index in [4.69, 9.17) is 4.74 Å². The summed E-state index contributed by atoms with van der Waals surface area (Å²) >= 11 is 0. The third-order valence-corrected chi connectivity index (χ3v) is 5.62. The van der Waals surface area contributed by atoms with E-state index in [-0.39, 0.29) is 30.4 Å². The lowest BCUT2D eigenvalue weighted by molar-refractivity contribution is -0.384. The van der Waals surface area contributed by atoms with Crippen LogP contribution in [0.4, 0.5) is 21.9 Å². The number of non-ortho nitro benzene ring substituents is 1. The van der Waals surface area contributed by atoms with Crippen LogP contribution in [-0.4, -0.2) is 30.0 Å². The van der Waals surface area contributed by atoms with E-state index in [0.29, 0.717) is 22.9 Å². The predicted octanol–water partition coefficient (Wildman–Crippen LogP) is 6.16. The average Bonchev–Trinajstić information content (AvgIpc) is 2.93. The molecule has 0 aliphatic carbocycles. The molecule has 3 amide bonds. The van der Waals surface area contributed by atoms with Gasteiger partial charge in [-0.3, -0.25) is 19.8 Å². The van der Waals surface area contributed by atoms with Crippen molar-refractivity contribution < 1.29 is 19.2 Å². The minimum Gasteiger partial charge on any atom is -0.457 e. The van der Waals surface area contributed by atoms with Crippen molar-refractivity contribution in [2.24, 2.45) is 0 Å². The molecule has 4 aromatic rings. The van der Waals surface area contributed by atoms with Crippen LogP contribution in [0.2, 0.25) is 0 Å². The SMILES string of the molecule is Cc1ccc(NC(=O)N(CCNC(=O)c2cccc([N+](=O)[O-])c2)c2ccc(Oc3ccccc3)cc2)cc1. The Kier molecular flexibility index (Phi) is 8.30. The number of carbonyl (C=O) groups is 2. The molecule has 38 heavy (non-hydrogen) atoms. The fourth-order valence-electron chi connectivity index (χ4n) is 3.64. The van der Waals surface area contributed by atoms with Gasteiger partial charge in [-0.2, -0.15) is 0 Å². The zero-order valence-electron chi connectivity index (χ0n) is 20.7. The van der Waals surface area contributed by atoms with Gasteiger partial charge in [0.1, 0.15) is 11.5 Å². The summed E-state index contributed by atoms with van der Waals surface area (Å²) in [6.45, 7) is 2.23. The Morgan fingerprint density at radius 2 is 1.55 bits per heavy atom. The largest absolute Gasteiger partial charge is 0.457 e. The van der Waals surface area contributed by atoms with Crippen LogP contribution >= 0.6 is 0 Å². The highest BCUT2D eigenvalue weighted by atomic mass is 16.6. The molecule has 4 aromatic carbocycles. The minimum atomic E-state index is -0.556. The summed E-state index contributed by atoms with van der Waals surface area (Å²) in [6, 6.07) is 28.9. The predicted molar refractivity (Wildman–Crippen MR) is 146 cm³/mol. The quantitative estimate of drug-likeness (QED) is 0.207. The third kappa shape index (κ3) is 6.94. The number of ether oxygens (including phenoxy) is 1. The molecular weight excluding hydrogens is 484 g/mol. The molecule has 0 bridgehead atoms. The van der Waals surface area contributed by atoms with E-state index in [2.05, 4.69) is 10.6 Å². The molecular formula is C29H26N4O5. The molecule has 9 nitrogen and oxygen atoms in total. The van der Waals surface area contributed by atoms with E-state index >= 15 is 0 Å². The number of anilines is 2. The monoisotopic (exact) mass is 510 g/mol. The second-order valence-corrected chi connectivity index (χ2v) is 8.42. The van der Waals surface area contributed by atoms with Crippen LogP contribution in [0.5, 0.6) is 11.5 Å². The highest BCUT2D eigenvalue weighted by Crippen LogP contribution is 2.25. The zero-order valence-corrected chi connectivity index (χ0v) is 20.7. The van der Waals surface area contributed by atoms with Crippen LogP contribution in [-0.2, 0) is 0 Å². The summed E-state index contributed by atoms with van der Waals surface area (Å²) in [5.74, 6) is 0.829. The smallest absolute Gasteiger partial charge is 0.326 e. The fourth-order valence-corrected chi connectivity index (χ4v) is 3.64. The van der Waals surface area contributed by atoms with E-state index in [1.807, 2.05) is 61.5 Å². The molecule has 0 spiro atoms. The van der Waals surface area contributed by atoms with Crippen LogP contribution in [0.25, 0.3) is 0 Å². The van der Waals surface area contributed by atoms with Gasteiger partial charge in [-0.25, -0.2) is 4.79 Å². The summed E-state index contributed by atoms with van der Waals surface area (Å²) < 4.78 is 5.84. The highest BCUT2D eigenvalue weighted by Gasteiger charge is 2.18. The number of carbonyl (C=O) groups excluding carboxylic acids is 2. The van der Waals surface area contributed by atoms with Crippen LogP contribution in [0.1, 0.15) is 15.9 Å². The van der Waals surface area contributed by atoms with Crippen LogP contribution in [0, 0.1) is 17.0 Å². The van der Waals surface area contributed by atoms with Crippen molar-refractivity contribution in [3.8, 4) is 11.5 Å². The number of aryl methyl sites for hydroxylation is 1. The Labute approximate surface area is 219 Å². The number of nitro groups is 1. The van der Waals surface area contributed by atoms with Gasteiger partial charge in [-0.1, -0.05) is 42.0 Å². The lowest BCUT2D eigenvalue weighted by Gasteiger charge is -2.24. The molecule has 192 valence electrons. The first kappa shape index (κ1) is 25.9.